The van der Waals surface area contributed by atoms with Gasteiger partial charge in [-0.15, -0.1) is 0 Å². The molecule has 0 spiro atoms. The Bertz CT molecular complexity index is 1450. The van der Waals surface area contributed by atoms with Crippen LogP contribution in [0, 0.1) is 0 Å². The van der Waals surface area contributed by atoms with Gasteiger partial charge in [0.05, 0.1) is 12.2 Å². The maximum Gasteiger partial charge on any atom is 0.379 e. The second-order valence-corrected chi connectivity index (χ2v) is 7.36. The first kappa shape index (κ1) is 21.3. The number of carbonyl (C=O) groups excluding carboxylic acids is 2. The van der Waals surface area contributed by atoms with Crippen molar-refractivity contribution in [1.29, 1.82) is 0 Å². The summed E-state index contributed by atoms with van der Waals surface area (Å²) >= 11 is 0. The van der Waals surface area contributed by atoms with Crippen molar-refractivity contribution < 1.29 is 32.7 Å². The quantitative estimate of drug-likeness (QED) is 0.232. The molecule has 0 fully saturated rings. The van der Waals surface area contributed by atoms with Crippen molar-refractivity contribution in [3.63, 3.8) is 0 Å². The molecule has 8 nitrogen and oxygen atoms in total. The molecular formula is C26H19NO7. The maximum absolute atomic E-state index is 12.5. The van der Waals surface area contributed by atoms with Crippen LogP contribution < -0.4 is 9.47 Å². The number of ether oxygens (including phenoxy) is 3. The highest BCUT2D eigenvalue weighted by molar-refractivity contribution is 5.94. The molecule has 0 aliphatic carbocycles. The average Bonchev–Trinajstić information content (AvgIpc) is 3.47. The van der Waals surface area contributed by atoms with E-state index >= 15 is 0 Å². The van der Waals surface area contributed by atoms with Gasteiger partial charge in [-0.1, -0.05) is 23.4 Å². The van der Waals surface area contributed by atoms with Crippen LogP contribution in [0.25, 0.3) is 21.9 Å². The highest BCUT2D eigenvalue weighted by Crippen LogP contribution is 2.26. The van der Waals surface area contributed by atoms with Gasteiger partial charge in [0.2, 0.25) is 5.76 Å². The fourth-order valence-electron chi connectivity index (χ4n) is 3.43. The van der Waals surface area contributed by atoms with Crippen molar-refractivity contribution in [1.82, 2.24) is 5.16 Å². The number of aromatic nitrogens is 1. The minimum atomic E-state index is -0.607. The van der Waals surface area contributed by atoms with Crippen molar-refractivity contribution in [2.24, 2.45) is 0 Å². The van der Waals surface area contributed by atoms with Gasteiger partial charge in [-0.2, -0.15) is 0 Å². The van der Waals surface area contributed by atoms with Crippen LogP contribution in [0.5, 0.6) is 11.5 Å². The first-order valence-corrected chi connectivity index (χ1v) is 10.6. The molecule has 170 valence electrons. The van der Waals surface area contributed by atoms with Crippen LogP contribution in [0.15, 0.2) is 81.7 Å². The van der Waals surface area contributed by atoms with Crippen LogP contribution in [-0.2, 0) is 11.3 Å². The highest BCUT2D eigenvalue weighted by Gasteiger charge is 2.17. The summed E-state index contributed by atoms with van der Waals surface area (Å²) in [5.41, 5.74) is 2.09. The Morgan fingerprint density at radius 3 is 2.47 bits per heavy atom. The summed E-state index contributed by atoms with van der Waals surface area (Å²) in [6.07, 6.45) is 0. The lowest BCUT2D eigenvalue weighted by Crippen LogP contribution is -2.06. The zero-order valence-corrected chi connectivity index (χ0v) is 18.1. The zero-order valence-electron chi connectivity index (χ0n) is 18.1. The molecule has 2 aromatic heterocycles. The van der Waals surface area contributed by atoms with Gasteiger partial charge in [0.15, 0.2) is 5.58 Å². The van der Waals surface area contributed by atoms with E-state index in [0.29, 0.717) is 40.5 Å². The lowest BCUT2D eigenvalue weighted by atomic mass is 10.2. The van der Waals surface area contributed by atoms with E-state index in [9.17, 15) is 9.59 Å². The van der Waals surface area contributed by atoms with E-state index in [-0.39, 0.29) is 18.3 Å². The van der Waals surface area contributed by atoms with Crippen LogP contribution >= 0.6 is 0 Å². The second kappa shape index (κ2) is 9.11. The summed E-state index contributed by atoms with van der Waals surface area (Å²) < 4.78 is 27.1. The monoisotopic (exact) mass is 457 g/mol. The Morgan fingerprint density at radius 2 is 1.68 bits per heavy atom. The van der Waals surface area contributed by atoms with Crippen LogP contribution in [-0.4, -0.2) is 23.7 Å². The molecule has 34 heavy (non-hydrogen) atoms. The van der Waals surface area contributed by atoms with Crippen molar-refractivity contribution >= 4 is 33.9 Å². The number of furan rings is 1. The van der Waals surface area contributed by atoms with Crippen LogP contribution in [0.4, 0.5) is 0 Å². The molecule has 0 radical (unpaired) electrons. The molecule has 5 aromatic rings. The summed E-state index contributed by atoms with van der Waals surface area (Å²) in [6.45, 7) is 2.23. The van der Waals surface area contributed by atoms with E-state index in [2.05, 4.69) is 5.16 Å². The smallest absolute Gasteiger partial charge is 0.379 e. The lowest BCUT2D eigenvalue weighted by Gasteiger charge is -2.06. The number of benzene rings is 3. The molecule has 3 aromatic carbocycles. The minimum absolute atomic E-state index is 0.113. The SMILES string of the molecule is CCOC(=O)c1ccc(OCc2noc3cc(OC(=O)c4cc5ccccc5o4)ccc23)cc1. The van der Waals surface area contributed by atoms with E-state index in [1.165, 1.54) is 0 Å². The van der Waals surface area contributed by atoms with E-state index in [1.807, 2.05) is 18.2 Å². The number of hydrogen-bond acceptors (Lipinski definition) is 8. The molecule has 0 bridgehead atoms. The molecular weight excluding hydrogens is 438 g/mol. The highest BCUT2D eigenvalue weighted by atomic mass is 16.5. The average molecular weight is 457 g/mol. The van der Waals surface area contributed by atoms with Gasteiger partial charge in [-0.25, -0.2) is 9.59 Å². The Balaban J connectivity index is 1.25. The summed E-state index contributed by atoms with van der Waals surface area (Å²) in [6, 6.07) is 20.6. The van der Waals surface area contributed by atoms with E-state index < -0.39 is 5.97 Å². The van der Waals surface area contributed by atoms with Crippen molar-refractivity contribution in [2.45, 2.75) is 13.5 Å². The molecule has 0 atom stereocenters. The van der Waals surface area contributed by atoms with E-state index in [0.717, 1.165) is 10.8 Å². The summed E-state index contributed by atoms with van der Waals surface area (Å²) in [7, 11) is 0. The second-order valence-electron chi connectivity index (χ2n) is 7.36. The number of fused-ring (bicyclic) bond motifs is 2. The standard InChI is InChI=1S/C26H19NO7/c1-2-30-25(28)16-7-9-18(10-8-16)31-15-21-20-12-11-19(14-23(20)34-27-21)32-26(29)24-13-17-5-3-4-6-22(17)33-24/h3-14H,2,15H2,1H3. The molecule has 5 rings (SSSR count). The molecule has 0 aliphatic rings. The Hall–Kier alpha value is -4.59. The number of hydrogen-bond donors (Lipinski definition) is 0. The van der Waals surface area contributed by atoms with E-state index in [4.69, 9.17) is 23.2 Å². The van der Waals surface area contributed by atoms with Crippen LogP contribution in [0.3, 0.4) is 0 Å². The largest absolute Gasteiger partial charge is 0.487 e. The molecule has 0 saturated heterocycles. The molecule has 0 saturated carbocycles. The first-order chi connectivity index (χ1) is 16.6. The Morgan fingerprint density at radius 1 is 0.882 bits per heavy atom. The Kier molecular flexibility index (Phi) is 5.70. The predicted molar refractivity (Wildman–Crippen MR) is 122 cm³/mol. The van der Waals surface area contributed by atoms with Gasteiger partial charge in [0.1, 0.15) is 29.4 Å². The van der Waals surface area contributed by atoms with Crippen molar-refractivity contribution in [3.05, 3.63) is 89.8 Å². The van der Waals surface area contributed by atoms with Crippen LogP contribution in [0.2, 0.25) is 0 Å². The summed E-state index contributed by atoms with van der Waals surface area (Å²) in [5.74, 6) is -0.00287. The fourth-order valence-corrected chi connectivity index (χ4v) is 3.43. The topological polar surface area (TPSA) is 101 Å². The Labute approximate surface area is 193 Å². The zero-order chi connectivity index (χ0) is 23.5. The fraction of sp³-hybridized carbons (Fsp3) is 0.115. The molecule has 0 unspecified atom stereocenters. The maximum atomic E-state index is 12.5. The summed E-state index contributed by atoms with van der Waals surface area (Å²) in [5, 5.41) is 5.60. The molecule has 8 heteroatoms. The van der Waals surface area contributed by atoms with Crippen LogP contribution in [0.1, 0.15) is 33.5 Å². The third-order valence-electron chi connectivity index (χ3n) is 5.10. The predicted octanol–water partition coefficient (Wildman–Crippen LogP) is 5.55. The molecule has 0 N–H and O–H groups in total. The molecule has 2 heterocycles. The number of rotatable bonds is 7. The van der Waals surface area contributed by atoms with Gasteiger partial charge < -0.3 is 23.2 Å². The first-order valence-electron chi connectivity index (χ1n) is 10.6. The van der Waals surface area contributed by atoms with Gasteiger partial charge in [-0.3, -0.25) is 0 Å². The van der Waals surface area contributed by atoms with Gasteiger partial charge >= 0.3 is 11.9 Å². The third-order valence-corrected chi connectivity index (χ3v) is 5.10. The number of para-hydroxylation sites is 1. The van der Waals surface area contributed by atoms with E-state index in [1.54, 1.807) is 61.5 Å². The third kappa shape index (κ3) is 4.33. The number of esters is 2. The number of carbonyl (C=O) groups is 2. The molecule has 0 aliphatic heterocycles. The van der Waals surface area contributed by atoms with Gasteiger partial charge in [-0.05, 0) is 55.5 Å². The van der Waals surface area contributed by atoms with Crippen molar-refractivity contribution in [2.75, 3.05) is 6.61 Å². The van der Waals surface area contributed by atoms with Crippen molar-refractivity contribution in [3.8, 4) is 11.5 Å². The molecule has 0 amide bonds. The normalized spacial score (nSPS) is 11.0. The lowest BCUT2D eigenvalue weighted by molar-refractivity contribution is 0.0526. The summed E-state index contributed by atoms with van der Waals surface area (Å²) in [4.78, 5) is 24.2. The minimum Gasteiger partial charge on any atom is -0.487 e. The van der Waals surface area contributed by atoms with Gasteiger partial charge in [0.25, 0.3) is 0 Å². The number of nitrogens with zero attached hydrogens (tertiary/aromatic N) is 1. The van der Waals surface area contributed by atoms with Gasteiger partial charge in [0, 0.05) is 16.8 Å².